The van der Waals surface area contributed by atoms with Crippen molar-refractivity contribution in [2.24, 2.45) is 5.92 Å². The third kappa shape index (κ3) is 4.75. The first kappa shape index (κ1) is 14.2. The van der Waals surface area contributed by atoms with Gasteiger partial charge in [-0.15, -0.1) is 0 Å². The van der Waals surface area contributed by atoms with Gasteiger partial charge in [-0.25, -0.2) is 4.39 Å². The summed E-state index contributed by atoms with van der Waals surface area (Å²) in [6.07, 6.45) is 6.44. The lowest BCUT2D eigenvalue weighted by Crippen LogP contribution is -2.13. The molecule has 0 aromatic heterocycles. The van der Waals surface area contributed by atoms with E-state index in [1.807, 2.05) is 0 Å². The standard InChI is InChI=1S/C16H21FO2/c17-15-8-6-14(7-9-15)16(18)5-2-11-19-12-10-13-3-1-4-13/h6-9,13H,1-5,10-12H2. The van der Waals surface area contributed by atoms with Gasteiger partial charge in [-0.2, -0.15) is 0 Å². The maximum atomic E-state index is 12.7. The second kappa shape index (κ2) is 7.39. The van der Waals surface area contributed by atoms with Crippen LogP contribution in [0.3, 0.4) is 0 Å². The molecule has 0 bridgehead atoms. The normalized spacial score (nSPS) is 15.2. The summed E-state index contributed by atoms with van der Waals surface area (Å²) < 4.78 is 18.2. The predicted molar refractivity (Wildman–Crippen MR) is 72.7 cm³/mol. The Hall–Kier alpha value is -1.22. The SMILES string of the molecule is O=C(CCCOCCC1CCC1)c1ccc(F)cc1. The van der Waals surface area contributed by atoms with Gasteiger partial charge in [0.1, 0.15) is 5.82 Å². The van der Waals surface area contributed by atoms with Gasteiger partial charge < -0.3 is 4.74 Å². The molecule has 0 spiro atoms. The van der Waals surface area contributed by atoms with E-state index in [2.05, 4.69) is 0 Å². The highest BCUT2D eigenvalue weighted by Gasteiger charge is 2.16. The van der Waals surface area contributed by atoms with E-state index >= 15 is 0 Å². The van der Waals surface area contributed by atoms with Gasteiger partial charge in [0.05, 0.1) is 0 Å². The molecule has 1 fully saturated rings. The number of hydrogen-bond donors (Lipinski definition) is 0. The van der Waals surface area contributed by atoms with Crippen LogP contribution in [0.4, 0.5) is 4.39 Å². The van der Waals surface area contributed by atoms with Crippen LogP contribution in [-0.2, 0) is 4.74 Å². The molecule has 3 heteroatoms. The molecule has 1 aromatic carbocycles. The lowest BCUT2D eigenvalue weighted by Gasteiger charge is -2.24. The van der Waals surface area contributed by atoms with Crippen LogP contribution in [-0.4, -0.2) is 19.0 Å². The molecule has 0 saturated heterocycles. The van der Waals surface area contributed by atoms with Crippen molar-refractivity contribution in [1.29, 1.82) is 0 Å². The summed E-state index contributed by atoms with van der Waals surface area (Å²) in [7, 11) is 0. The van der Waals surface area contributed by atoms with Crippen LogP contribution in [0.15, 0.2) is 24.3 Å². The van der Waals surface area contributed by atoms with Crippen molar-refractivity contribution < 1.29 is 13.9 Å². The Labute approximate surface area is 114 Å². The number of carbonyl (C=O) groups is 1. The highest BCUT2D eigenvalue weighted by atomic mass is 19.1. The minimum absolute atomic E-state index is 0.0580. The number of benzene rings is 1. The minimum atomic E-state index is -0.309. The topological polar surface area (TPSA) is 26.3 Å². The van der Waals surface area contributed by atoms with Crippen LogP contribution in [0.25, 0.3) is 0 Å². The quantitative estimate of drug-likeness (QED) is 0.524. The molecular formula is C16H21FO2. The molecule has 0 aliphatic heterocycles. The van der Waals surface area contributed by atoms with E-state index < -0.39 is 0 Å². The second-order valence-corrected chi connectivity index (χ2v) is 5.23. The molecular weight excluding hydrogens is 243 g/mol. The van der Waals surface area contributed by atoms with Crippen molar-refractivity contribution in [3.05, 3.63) is 35.6 Å². The number of halogens is 1. The van der Waals surface area contributed by atoms with Gasteiger partial charge in [-0.3, -0.25) is 4.79 Å². The Morgan fingerprint density at radius 3 is 2.58 bits per heavy atom. The molecule has 2 nitrogen and oxygen atoms in total. The number of ether oxygens (including phenoxy) is 1. The molecule has 0 atom stereocenters. The largest absolute Gasteiger partial charge is 0.381 e. The number of hydrogen-bond acceptors (Lipinski definition) is 2. The second-order valence-electron chi connectivity index (χ2n) is 5.23. The molecule has 104 valence electrons. The summed E-state index contributed by atoms with van der Waals surface area (Å²) >= 11 is 0. The van der Waals surface area contributed by atoms with Crippen LogP contribution < -0.4 is 0 Å². The summed E-state index contributed by atoms with van der Waals surface area (Å²) in [4.78, 5) is 11.8. The van der Waals surface area contributed by atoms with Crippen LogP contribution in [0.1, 0.15) is 48.9 Å². The molecule has 0 N–H and O–H groups in total. The molecule has 0 unspecified atom stereocenters. The van der Waals surface area contributed by atoms with E-state index in [9.17, 15) is 9.18 Å². The predicted octanol–water partition coefficient (Wildman–Crippen LogP) is 4.00. The van der Waals surface area contributed by atoms with Gasteiger partial charge in [-0.1, -0.05) is 19.3 Å². The lowest BCUT2D eigenvalue weighted by atomic mass is 9.83. The first-order valence-electron chi connectivity index (χ1n) is 7.12. The summed E-state index contributed by atoms with van der Waals surface area (Å²) in [6.45, 7) is 1.45. The molecule has 19 heavy (non-hydrogen) atoms. The molecule has 2 rings (SSSR count). The third-order valence-electron chi connectivity index (χ3n) is 3.75. The number of rotatable bonds is 8. The fourth-order valence-corrected chi connectivity index (χ4v) is 2.25. The van der Waals surface area contributed by atoms with Gasteiger partial charge >= 0.3 is 0 Å². The minimum Gasteiger partial charge on any atom is -0.381 e. The summed E-state index contributed by atoms with van der Waals surface area (Å²) in [5.41, 5.74) is 0.580. The van der Waals surface area contributed by atoms with E-state index in [-0.39, 0.29) is 11.6 Å². The van der Waals surface area contributed by atoms with Crippen molar-refractivity contribution in [2.75, 3.05) is 13.2 Å². The molecule has 1 aromatic rings. The van der Waals surface area contributed by atoms with Crippen molar-refractivity contribution >= 4 is 5.78 Å². The molecule has 1 saturated carbocycles. The first-order valence-corrected chi connectivity index (χ1v) is 7.12. The maximum Gasteiger partial charge on any atom is 0.162 e. The Bertz CT molecular complexity index is 396. The van der Waals surface area contributed by atoms with E-state index in [0.29, 0.717) is 18.6 Å². The van der Waals surface area contributed by atoms with Crippen molar-refractivity contribution in [3.8, 4) is 0 Å². The molecule has 1 aliphatic rings. The van der Waals surface area contributed by atoms with E-state index in [1.165, 1.54) is 43.5 Å². The summed E-state index contributed by atoms with van der Waals surface area (Å²) in [6, 6.07) is 5.72. The molecule has 0 radical (unpaired) electrons. The van der Waals surface area contributed by atoms with Crippen LogP contribution in [0.5, 0.6) is 0 Å². The number of carbonyl (C=O) groups excluding carboxylic acids is 1. The van der Waals surface area contributed by atoms with Crippen molar-refractivity contribution in [2.45, 2.75) is 38.5 Å². The highest BCUT2D eigenvalue weighted by molar-refractivity contribution is 5.95. The zero-order valence-electron chi connectivity index (χ0n) is 11.2. The summed E-state index contributed by atoms with van der Waals surface area (Å²) in [5, 5.41) is 0. The van der Waals surface area contributed by atoms with Crippen molar-refractivity contribution in [1.82, 2.24) is 0 Å². The molecule has 0 heterocycles. The zero-order valence-corrected chi connectivity index (χ0v) is 11.2. The number of ketones is 1. The van der Waals surface area contributed by atoms with E-state index in [0.717, 1.165) is 25.4 Å². The monoisotopic (exact) mass is 264 g/mol. The van der Waals surface area contributed by atoms with Gasteiger partial charge in [0, 0.05) is 25.2 Å². The molecule has 1 aliphatic carbocycles. The van der Waals surface area contributed by atoms with E-state index in [4.69, 9.17) is 4.74 Å². The van der Waals surface area contributed by atoms with Crippen LogP contribution in [0, 0.1) is 11.7 Å². The zero-order chi connectivity index (χ0) is 13.5. The van der Waals surface area contributed by atoms with Crippen LogP contribution in [0.2, 0.25) is 0 Å². The molecule has 0 amide bonds. The smallest absolute Gasteiger partial charge is 0.162 e. The average Bonchev–Trinajstić information content (AvgIpc) is 2.36. The third-order valence-corrected chi connectivity index (χ3v) is 3.75. The van der Waals surface area contributed by atoms with Gasteiger partial charge in [0.25, 0.3) is 0 Å². The van der Waals surface area contributed by atoms with Gasteiger partial charge in [0.2, 0.25) is 0 Å². The van der Waals surface area contributed by atoms with Crippen LogP contribution >= 0.6 is 0 Å². The van der Waals surface area contributed by atoms with Gasteiger partial charge in [-0.05, 0) is 43.0 Å². The number of Topliss-reactive ketones (excluding diaryl/α,β-unsaturated/α-hetero) is 1. The van der Waals surface area contributed by atoms with Gasteiger partial charge in [0.15, 0.2) is 5.78 Å². The Balaban J connectivity index is 1.54. The fourth-order valence-electron chi connectivity index (χ4n) is 2.25. The van der Waals surface area contributed by atoms with Crippen molar-refractivity contribution in [3.63, 3.8) is 0 Å². The Morgan fingerprint density at radius 2 is 1.95 bits per heavy atom. The summed E-state index contributed by atoms with van der Waals surface area (Å²) in [5.74, 6) is 0.624. The average molecular weight is 264 g/mol. The first-order chi connectivity index (χ1) is 9.25. The lowest BCUT2D eigenvalue weighted by molar-refractivity contribution is 0.0893. The Morgan fingerprint density at radius 1 is 1.21 bits per heavy atom. The maximum absolute atomic E-state index is 12.7. The Kier molecular flexibility index (Phi) is 5.52. The highest BCUT2D eigenvalue weighted by Crippen LogP contribution is 2.29. The fraction of sp³-hybridized carbons (Fsp3) is 0.562. The van der Waals surface area contributed by atoms with E-state index in [1.54, 1.807) is 0 Å².